The average Bonchev–Trinajstić information content (AvgIpc) is 2.35. The number of likely N-dealkylation sites (tertiary alicyclic amines) is 1. The third-order valence-corrected chi connectivity index (χ3v) is 3.51. The van der Waals surface area contributed by atoms with Crippen LogP contribution in [0.1, 0.15) is 31.7 Å². The van der Waals surface area contributed by atoms with Gasteiger partial charge in [0.15, 0.2) is 0 Å². The van der Waals surface area contributed by atoms with Crippen molar-refractivity contribution in [2.24, 2.45) is 0 Å². The van der Waals surface area contributed by atoms with Gasteiger partial charge in [-0.15, -0.1) is 0 Å². The molecule has 2 rings (SSSR count). The number of hydrogen-bond donors (Lipinski definition) is 1. The number of amides is 2. The number of rotatable bonds is 4. The second-order valence-electron chi connectivity index (χ2n) is 5.01. The molecule has 1 saturated heterocycles. The van der Waals surface area contributed by atoms with Crippen LogP contribution in [-0.2, 0) is 9.59 Å². The Hall–Kier alpha value is -1.84. The van der Waals surface area contributed by atoms with Gasteiger partial charge in [-0.3, -0.25) is 9.59 Å². The average molecular weight is 260 g/mol. The van der Waals surface area contributed by atoms with E-state index in [2.05, 4.69) is 5.32 Å². The van der Waals surface area contributed by atoms with Crippen molar-refractivity contribution in [1.29, 1.82) is 0 Å². The summed E-state index contributed by atoms with van der Waals surface area (Å²) >= 11 is 0. The highest BCUT2D eigenvalue weighted by Crippen LogP contribution is 2.24. The molecule has 0 bridgehead atoms. The molecule has 1 aromatic carbocycles. The molecule has 1 aromatic rings. The van der Waals surface area contributed by atoms with Gasteiger partial charge in [0.2, 0.25) is 11.8 Å². The van der Waals surface area contributed by atoms with Crippen molar-refractivity contribution in [2.45, 2.75) is 32.2 Å². The molecule has 1 atom stereocenters. The van der Waals surface area contributed by atoms with Crippen molar-refractivity contribution in [3.63, 3.8) is 0 Å². The van der Waals surface area contributed by atoms with Crippen LogP contribution in [-0.4, -0.2) is 35.8 Å². The maximum Gasteiger partial charge on any atom is 0.230 e. The Kier molecular flexibility index (Phi) is 4.20. The first-order valence-electron chi connectivity index (χ1n) is 6.72. The Bertz CT molecular complexity index is 452. The molecule has 1 aliphatic heterocycles. The monoisotopic (exact) mass is 260 g/mol. The fourth-order valence-corrected chi connectivity index (χ4v) is 2.50. The van der Waals surface area contributed by atoms with Crippen LogP contribution in [0, 0.1) is 0 Å². The van der Waals surface area contributed by atoms with E-state index < -0.39 is 0 Å². The number of carbonyl (C=O) groups is 2. The SMILES string of the molecule is CCC(C(=O)N1CC(NC(C)=O)C1)c1ccccc1. The number of hydrogen-bond acceptors (Lipinski definition) is 2. The second kappa shape index (κ2) is 5.87. The summed E-state index contributed by atoms with van der Waals surface area (Å²) in [5.74, 6) is 0.0574. The van der Waals surface area contributed by atoms with Crippen LogP contribution in [0.5, 0.6) is 0 Å². The van der Waals surface area contributed by atoms with E-state index in [0.717, 1.165) is 12.0 Å². The van der Waals surface area contributed by atoms with Crippen molar-refractivity contribution in [1.82, 2.24) is 10.2 Å². The van der Waals surface area contributed by atoms with Gasteiger partial charge in [0.05, 0.1) is 12.0 Å². The Morgan fingerprint density at radius 2 is 1.95 bits per heavy atom. The molecule has 1 aliphatic rings. The molecule has 0 aliphatic carbocycles. The van der Waals surface area contributed by atoms with Gasteiger partial charge in [-0.05, 0) is 12.0 Å². The zero-order valence-electron chi connectivity index (χ0n) is 11.4. The van der Waals surface area contributed by atoms with E-state index >= 15 is 0 Å². The first-order valence-corrected chi connectivity index (χ1v) is 6.72. The van der Waals surface area contributed by atoms with Gasteiger partial charge in [-0.1, -0.05) is 37.3 Å². The molecule has 1 heterocycles. The molecule has 0 aromatic heterocycles. The van der Waals surface area contributed by atoms with Crippen molar-refractivity contribution < 1.29 is 9.59 Å². The van der Waals surface area contributed by atoms with Crippen molar-refractivity contribution in [3.05, 3.63) is 35.9 Å². The summed E-state index contributed by atoms with van der Waals surface area (Å²) in [5.41, 5.74) is 1.07. The second-order valence-corrected chi connectivity index (χ2v) is 5.01. The first kappa shape index (κ1) is 13.6. The van der Waals surface area contributed by atoms with Gasteiger partial charge >= 0.3 is 0 Å². The van der Waals surface area contributed by atoms with Crippen molar-refractivity contribution in [2.75, 3.05) is 13.1 Å². The van der Waals surface area contributed by atoms with E-state index in [1.165, 1.54) is 6.92 Å². The molecule has 4 nitrogen and oxygen atoms in total. The van der Waals surface area contributed by atoms with E-state index in [-0.39, 0.29) is 23.8 Å². The van der Waals surface area contributed by atoms with Crippen LogP contribution in [0.25, 0.3) is 0 Å². The van der Waals surface area contributed by atoms with Crippen LogP contribution < -0.4 is 5.32 Å². The normalized spacial score (nSPS) is 16.6. The molecule has 102 valence electrons. The number of carbonyl (C=O) groups excluding carboxylic acids is 2. The summed E-state index contributed by atoms with van der Waals surface area (Å²) in [6.07, 6.45) is 0.796. The van der Waals surface area contributed by atoms with E-state index in [1.807, 2.05) is 42.2 Å². The summed E-state index contributed by atoms with van der Waals surface area (Å²) in [6.45, 7) is 4.79. The minimum Gasteiger partial charge on any atom is -0.350 e. The lowest BCUT2D eigenvalue weighted by Crippen LogP contribution is -2.61. The molecule has 0 saturated carbocycles. The van der Waals surface area contributed by atoms with Crippen LogP contribution in [0.3, 0.4) is 0 Å². The largest absolute Gasteiger partial charge is 0.350 e. The third kappa shape index (κ3) is 3.13. The van der Waals surface area contributed by atoms with E-state index in [9.17, 15) is 9.59 Å². The molecule has 4 heteroatoms. The van der Waals surface area contributed by atoms with Gasteiger partial charge in [0, 0.05) is 20.0 Å². The predicted molar refractivity (Wildman–Crippen MR) is 73.7 cm³/mol. The summed E-state index contributed by atoms with van der Waals surface area (Å²) in [7, 11) is 0. The Morgan fingerprint density at radius 3 is 2.47 bits per heavy atom. The van der Waals surface area contributed by atoms with Crippen LogP contribution in [0.15, 0.2) is 30.3 Å². The molecule has 1 fully saturated rings. The van der Waals surface area contributed by atoms with Gasteiger partial charge < -0.3 is 10.2 Å². The smallest absolute Gasteiger partial charge is 0.230 e. The lowest BCUT2D eigenvalue weighted by atomic mass is 9.93. The first-order chi connectivity index (χ1) is 9.11. The van der Waals surface area contributed by atoms with Crippen molar-refractivity contribution in [3.8, 4) is 0 Å². The fourth-order valence-electron chi connectivity index (χ4n) is 2.50. The van der Waals surface area contributed by atoms with Crippen LogP contribution in [0.2, 0.25) is 0 Å². The Labute approximate surface area is 113 Å². The van der Waals surface area contributed by atoms with E-state index in [4.69, 9.17) is 0 Å². The van der Waals surface area contributed by atoms with Gasteiger partial charge in [0.1, 0.15) is 0 Å². The summed E-state index contributed by atoms with van der Waals surface area (Å²) < 4.78 is 0. The van der Waals surface area contributed by atoms with E-state index in [0.29, 0.717) is 13.1 Å². The molecule has 0 spiro atoms. The fraction of sp³-hybridized carbons (Fsp3) is 0.467. The standard InChI is InChI=1S/C15H20N2O2/c1-3-14(12-7-5-4-6-8-12)15(19)17-9-13(10-17)16-11(2)18/h4-8,13-14H,3,9-10H2,1-2H3,(H,16,18). The molecular formula is C15H20N2O2. The lowest BCUT2D eigenvalue weighted by molar-refractivity contribution is -0.139. The van der Waals surface area contributed by atoms with Gasteiger partial charge in [0.25, 0.3) is 0 Å². The topological polar surface area (TPSA) is 49.4 Å². The van der Waals surface area contributed by atoms with E-state index in [1.54, 1.807) is 0 Å². The van der Waals surface area contributed by atoms with Gasteiger partial charge in [-0.2, -0.15) is 0 Å². The minimum atomic E-state index is -0.0699. The molecule has 19 heavy (non-hydrogen) atoms. The molecule has 1 N–H and O–H groups in total. The maximum atomic E-state index is 12.4. The highest BCUT2D eigenvalue weighted by atomic mass is 16.2. The minimum absolute atomic E-state index is 0.0350. The molecule has 1 unspecified atom stereocenters. The summed E-state index contributed by atoms with van der Waals surface area (Å²) in [5, 5.41) is 2.83. The zero-order chi connectivity index (χ0) is 13.8. The highest BCUT2D eigenvalue weighted by Gasteiger charge is 2.34. The Morgan fingerprint density at radius 1 is 1.32 bits per heavy atom. The Balaban J connectivity index is 1.95. The molecular weight excluding hydrogens is 240 g/mol. The van der Waals surface area contributed by atoms with Gasteiger partial charge in [-0.25, -0.2) is 0 Å². The summed E-state index contributed by atoms with van der Waals surface area (Å²) in [4.78, 5) is 25.1. The predicted octanol–water partition coefficient (Wildman–Crippen LogP) is 1.53. The lowest BCUT2D eigenvalue weighted by Gasteiger charge is -2.41. The number of nitrogens with zero attached hydrogens (tertiary/aromatic N) is 1. The van der Waals surface area contributed by atoms with Crippen molar-refractivity contribution >= 4 is 11.8 Å². The number of nitrogens with one attached hydrogen (secondary N) is 1. The highest BCUT2D eigenvalue weighted by molar-refractivity contribution is 5.85. The van der Waals surface area contributed by atoms with Crippen LogP contribution in [0.4, 0.5) is 0 Å². The molecule has 2 amide bonds. The quantitative estimate of drug-likeness (QED) is 0.892. The molecule has 0 radical (unpaired) electrons. The maximum absolute atomic E-state index is 12.4. The third-order valence-electron chi connectivity index (χ3n) is 3.51. The summed E-state index contributed by atoms with van der Waals surface area (Å²) in [6, 6.07) is 9.99. The zero-order valence-corrected chi connectivity index (χ0v) is 11.4. The number of benzene rings is 1. The van der Waals surface area contributed by atoms with Crippen LogP contribution >= 0.6 is 0 Å².